The zero-order valence-electron chi connectivity index (χ0n) is 11.1. The number of halogens is 1. The third-order valence-electron chi connectivity index (χ3n) is 3.55. The quantitative estimate of drug-likeness (QED) is 0.431. The molecule has 1 aromatic heterocycles. The summed E-state index contributed by atoms with van der Waals surface area (Å²) in [6.07, 6.45) is 0. The van der Waals surface area contributed by atoms with Crippen molar-refractivity contribution in [1.82, 2.24) is 9.97 Å². The molecule has 0 aliphatic carbocycles. The number of para-hydroxylation sites is 2. The summed E-state index contributed by atoms with van der Waals surface area (Å²) in [5.41, 5.74) is 3.92. The van der Waals surface area contributed by atoms with E-state index in [0.717, 1.165) is 26.0 Å². The predicted molar refractivity (Wildman–Crippen MR) is 95.2 cm³/mol. The maximum absolute atomic E-state index is 4.78. The summed E-state index contributed by atoms with van der Waals surface area (Å²) in [4.78, 5) is 9.44. The van der Waals surface area contributed by atoms with Crippen LogP contribution in [0.1, 0.15) is 0 Å². The van der Waals surface area contributed by atoms with Crippen molar-refractivity contribution < 1.29 is 0 Å². The van der Waals surface area contributed by atoms with Gasteiger partial charge < -0.3 is 0 Å². The summed E-state index contributed by atoms with van der Waals surface area (Å²) < 4.78 is 0.932. The molecule has 0 saturated carbocycles. The van der Waals surface area contributed by atoms with E-state index in [1.807, 2.05) is 24.3 Å². The molecule has 1 heterocycles. The highest BCUT2D eigenvalue weighted by Gasteiger charge is 2.09. The van der Waals surface area contributed by atoms with Crippen molar-refractivity contribution in [2.24, 2.45) is 0 Å². The van der Waals surface area contributed by atoms with E-state index in [2.05, 4.69) is 70.0 Å². The van der Waals surface area contributed by atoms with E-state index in [1.165, 1.54) is 10.8 Å². The van der Waals surface area contributed by atoms with Crippen LogP contribution in [0.2, 0.25) is 0 Å². The number of fused-ring (bicyclic) bond motifs is 2. The molecule has 0 bridgehead atoms. The summed E-state index contributed by atoms with van der Waals surface area (Å²) in [5, 5.41) is 2.46. The van der Waals surface area contributed by atoms with Gasteiger partial charge in [-0.1, -0.05) is 48.5 Å². The molecule has 0 fully saturated rings. The van der Waals surface area contributed by atoms with Gasteiger partial charge in [0.15, 0.2) is 0 Å². The Morgan fingerprint density at radius 2 is 1.33 bits per heavy atom. The van der Waals surface area contributed by atoms with Gasteiger partial charge in [-0.2, -0.15) is 0 Å². The second-order valence-electron chi connectivity index (χ2n) is 4.91. The Morgan fingerprint density at radius 3 is 2.14 bits per heavy atom. The van der Waals surface area contributed by atoms with E-state index < -0.39 is 0 Å². The van der Waals surface area contributed by atoms with Gasteiger partial charge in [-0.25, -0.2) is 9.97 Å². The van der Waals surface area contributed by atoms with Crippen LogP contribution in [0.3, 0.4) is 0 Å². The fourth-order valence-electron chi connectivity index (χ4n) is 2.50. The fourth-order valence-corrected chi connectivity index (χ4v) is 3.19. The van der Waals surface area contributed by atoms with Gasteiger partial charge in [-0.3, -0.25) is 0 Å². The minimum Gasteiger partial charge on any atom is -0.243 e. The summed E-state index contributed by atoms with van der Waals surface area (Å²) in [6.45, 7) is 0. The van der Waals surface area contributed by atoms with Crippen LogP contribution in [0.25, 0.3) is 33.1 Å². The molecular formula is C18H11IN2. The van der Waals surface area contributed by atoms with Gasteiger partial charge >= 0.3 is 0 Å². The molecule has 4 aromatic rings. The summed E-state index contributed by atoms with van der Waals surface area (Å²) in [7, 11) is 0. The van der Waals surface area contributed by atoms with E-state index in [0.29, 0.717) is 0 Å². The molecule has 2 nitrogen and oxygen atoms in total. The topological polar surface area (TPSA) is 25.8 Å². The number of aromatic nitrogens is 2. The smallest absolute Gasteiger partial charge is 0.128 e. The third kappa shape index (κ3) is 2.27. The Morgan fingerprint density at radius 1 is 0.667 bits per heavy atom. The lowest BCUT2D eigenvalue weighted by Crippen LogP contribution is -1.94. The van der Waals surface area contributed by atoms with Crippen LogP contribution in [-0.4, -0.2) is 9.97 Å². The Bertz CT molecular complexity index is 963. The van der Waals surface area contributed by atoms with E-state index in [9.17, 15) is 0 Å². The molecule has 0 atom stereocenters. The average molecular weight is 382 g/mol. The van der Waals surface area contributed by atoms with Crippen molar-refractivity contribution in [3.63, 3.8) is 0 Å². The zero-order valence-corrected chi connectivity index (χ0v) is 13.3. The summed E-state index contributed by atoms with van der Waals surface area (Å²) in [6, 6.07) is 22.8. The molecule has 3 aromatic carbocycles. The van der Waals surface area contributed by atoms with E-state index in [1.54, 1.807) is 0 Å². The maximum Gasteiger partial charge on any atom is 0.128 e. The van der Waals surface area contributed by atoms with Gasteiger partial charge in [0, 0.05) is 5.56 Å². The molecule has 0 spiro atoms. The molecule has 0 amide bonds. The van der Waals surface area contributed by atoms with Crippen LogP contribution in [0.15, 0.2) is 66.7 Å². The molecule has 0 N–H and O–H groups in total. The zero-order chi connectivity index (χ0) is 14.2. The first-order valence-electron chi connectivity index (χ1n) is 6.73. The highest BCUT2D eigenvalue weighted by atomic mass is 127. The monoisotopic (exact) mass is 382 g/mol. The van der Waals surface area contributed by atoms with Crippen molar-refractivity contribution in [1.29, 1.82) is 0 Å². The van der Waals surface area contributed by atoms with Crippen molar-refractivity contribution in [2.75, 3.05) is 0 Å². The number of benzene rings is 3. The minimum absolute atomic E-state index is 0.932. The largest absolute Gasteiger partial charge is 0.243 e. The molecule has 4 rings (SSSR count). The van der Waals surface area contributed by atoms with Gasteiger partial charge in [0.1, 0.15) is 9.39 Å². The van der Waals surface area contributed by atoms with Crippen LogP contribution in [0.4, 0.5) is 0 Å². The van der Waals surface area contributed by atoms with Crippen LogP contribution in [0.5, 0.6) is 0 Å². The fraction of sp³-hybridized carbons (Fsp3) is 0. The van der Waals surface area contributed by atoms with Crippen molar-refractivity contribution in [3.8, 4) is 11.3 Å². The second-order valence-corrected chi connectivity index (χ2v) is 5.94. The first kappa shape index (κ1) is 12.7. The second kappa shape index (κ2) is 5.07. The van der Waals surface area contributed by atoms with Gasteiger partial charge in [0.05, 0.1) is 11.0 Å². The van der Waals surface area contributed by atoms with Crippen molar-refractivity contribution >= 4 is 44.4 Å². The molecule has 0 aliphatic heterocycles. The maximum atomic E-state index is 4.78. The standard InChI is InChI=1S/C18H11IN2/c19-18-17(20-15-7-3-4-8-16(15)21-18)14-10-9-12-5-1-2-6-13(12)11-14/h1-11H. The van der Waals surface area contributed by atoms with Crippen LogP contribution in [-0.2, 0) is 0 Å². The van der Waals surface area contributed by atoms with E-state index >= 15 is 0 Å². The molecular weight excluding hydrogens is 371 g/mol. The minimum atomic E-state index is 0.932. The van der Waals surface area contributed by atoms with Crippen LogP contribution < -0.4 is 0 Å². The number of hydrogen-bond donors (Lipinski definition) is 0. The molecule has 0 aliphatic rings. The summed E-state index contributed by atoms with van der Waals surface area (Å²) in [5.74, 6) is 0. The first-order valence-corrected chi connectivity index (χ1v) is 7.80. The van der Waals surface area contributed by atoms with Crippen LogP contribution in [0, 0.1) is 3.70 Å². The summed E-state index contributed by atoms with van der Waals surface area (Å²) >= 11 is 2.26. The Labute approximate surface area is 136 Å². The lowest BCUT2D eigenvalue weighted by Gasteiger charge is -2.07. The lowest BCUT2D eigenvalue weighted by atomic mass is 10.1. The SMILES string of the molecule is Ic1nc2ccccc2nc1-c1ccc2ccccc2c1. The van der Waals surface area contributed by atoms with Gasteiger partial charge in [-0.05, 0) is 51.6 Å². The van der Waals surface area contributed by atoms with E-state index in [4.69, 9.17) is 4.98 Å². The first-order chi connectivity index (χ1) is 10.3. The molecule has 0 radical (unpaired) electrons. The van der Waals surface area contributed by atoms with Crippen LogP contribution >= 0.6 is 22.6 Å². The molecule has 3 heteroatoms. The Hall–Kier alpha value is -2.01. The normalized spacial score (nSPS) is 11.1. The van der Waals surface area contributed by atoms with Gasteiger partial charge in [-0.15, -0.1) is 0 Å². The Kier molecular flexibility index (Phi) is 3.07. The number of rotatable bonds is 1. The molecule has 0 unspecified atom stereocenters. The van der Waals surface area contributed by atoms with Crippen molar-refractivity contribution in [3.05, 3.63) is 70.4 Å². The average Bonchev–Trinajstić information content (AvgIpc) is 2.54. The molecule has 0 saturated heterocycles. The number of nitrogens with zero attached hydrogens (tertiary/aromatic N) is 2. The molecule has 21 heavy (non-hydrogen) atoms. The highest BCUT2D eigenvalue weighted by molar-refractivity contribution is 14.1. The van der Waals surface area contributed by atoms with Gasteiger partial charge in [0.25, 0.3) is 0 Å². The van der Waals surface area contributed by atoms with Crippen molar-refractivity contribution in [2.45, 2.75) is 0 Å². The highest BCUT2D eigenvalue weighted by Crippen LogP contribution is 2.27. The van der Waals surface area contributed by atoms with E-state index in [-0.39, 0.29) is 0 Å². The molecule has 100 valence electrons. The number of hydrogen-bond acceptors (Lipinski definition) is 2. The Balaban J connectivity index is 1.96. The predicted octanol–water partition coefficient (Wildman–Crippen LogP) is 5.05. The van der Waals surface area contributed by atoms with Gasteiger partial charge in [0.2, 0.25) is 0 Å². The lowest BCUT2D eigenvalue weighted by molar-refractivity contribution is 1.25. The third-order valence-corrected chi connectivity index (χ3v) is 4.30.